The molecule has 0 aliphatic rings. The molecule has 0 atom stereocenters. The van der Waals surface area contributed by atoms with Gasteiger partial charge in [-0.2, -0.15) is 0 Å². The van der Waals surface area contributed by atoms with Crippen LogP contribution < -0.4 is 5.73 Å². The van der Waals surface area contributed by atoms with Crippen LogP contribution in [-0.4, -0.2) is 15.0 Å². The van der Waals surface area contributed by atoms with Crippen LogP contribution in [0.1, 0.15) is 5.56 Å². The number of hydrogen-bond acceptors (Lipinski definition) is 5. The molecule has 1 aromatic carbocycles. The van der Waals surface area contributed by atoms with E-state index in [1.165, 1.54) is 11.8 Å². The second kappa shape index (κ2) is 4.85. The fraction of sp³-hybridized carbons (Fsp3) is 0.0714. The summed E-state index contributed by atoms with van der Waals surface area (Å²) in [6, 6.07) is 7.91. The number of pyridine rings is 1. The van der Waals surface area contributed by atoms with Crippen LogP contribution >= 0.6 is 11.8 Å². The molecule has 3 aromatic rings. The van der Waals surface area contributed by atoms with Crippen LogP contribution in [0, 0.1) is 6.92 Å². The van der Waals surface area contributed by atoms with E-state index in [1.54, 1.807) is 18.6 Å². The smallest absolute Gasteiger partial charge is 0.192 e. The molecule has 0 saturated heterocycles. The number of aromatic nitrogens is 3. The zero-order chi connectivity index (χ0) is 13.2. The second-order valence-corrected chi connectivity index (χ2v) is 5.18. The fourth-order valence-corrected chi connectivity index (χ4v) is 2.62. The lowest BCUT2D eigenvalue weighted by molar-refractivity contribution is 0.951. The van der Waals surface area contributed by atoms with E-state index >= 15 is 0 Å². The van der Waals surface area contributed by atoms with Gasteiger partial charge in [0.1, 0.15) is 0 Å². The molecule has 0 saturated carbocycles. The number of hydrogen-bond donors (Lipinski definition) is 1. The summed E-state index contributed by atoms with van der Waals surface area (Å²) in [6.45, 7) is 1.96. The molecule has 19 heavy (non-hydrogen) atoms. The van der Waals surface area contributed by atoms with Crippen molar-refractivity contribution in [1.82, 2.24) is 15.0 Å². The Labute approximate surface area is 115 Å². The van der Waals surface area contributed by atoms with Gasteiger partial charge in [-0.25, -0.2) is 9.97 Å². The molecule has 2 aromatic heterocycles. The van der Waals surface area contributed by atoms with Gasteiger partial charge in [-0.1, -0.05) is 18.2 Å². The number of fused-ring (bicyclic) bond motifs is 1. The fourth-order valence-electron chi connectivity index (χ4n) is 1.77. The van der Waals surface area contributed by atoms with Gasteiger partial charge in [-0.05, 0) is 30.3 Å². The predicted molar refractivity (Wildman–Crippen MR) is 77.0 cm³/mol. The maximum absolute atomic E-state index is 6.03. The molecule has 2 N–H and O–H groups in total. The van der Waals surface area contributed by atoms with E-state index in [9.17, 15) is 0 Å². The van der Waals surface area contributed by atoms with Gasteiger partial charge < -0.3 is 5.73 Å². The van der Waals surface area contributed by atoms with Crippen LogP contribution in [0.15, 0.2) is 52.9 Å². The number of nitrogen functional groups attached to an aromatic ring is 1. The molecule has 0 fully saturated rings. The molecule has 0 bridgehead atoms. The molecule has 0 spiro atoms. The highest BCUT2D eigenvalue weighted by atomic mass is 32.2. The van der Waals surface area contributed by atoms with Gasteiger partial charge in [0.05, 0.1) is 17.4 Å². The maximum Gasteiger partial charge on any atom is 0.192 e. The number of aryl methyl sites for hydroxylation is 1. The molecule has 0 aliphatic heterocycles. The van der Waals surface area contributed by atoms with Crippen molar-refractivity contribution in [1.29, 1.82) is 0 Å². The lowest BCUT2D eigenvalue weighted by Crippen LogP contribution is -1.94. The van der Waals surface area contributed by atoms with E-state index in [0.717, 1.165) is 21.4 Å². The standard InChI is InChI=1S/C14H12N4S/c1-9-6-17-14(18-7-9)19-13-10-4-2-3-5-12(10)16-8-11(13)15/h2-8H,15H2,1H3. The Kier molecular flexibility index (Phi) is 3.05. The zero-order valence-electron chi connectivity index (χ0n) is 10.4. The molecule has 94 valence electrons. The summed E-state index contributed by atoms with van der Waals surface area (Å²) in [4.78, 5) is 13.9. The predicted octanol–water partition coefficient (Wildman–Crippen LogP) is 3.07. The lowest BCUT2D eigenvalue weighted by Gasteiger charge is -2.07. The molecule has 0 unspecified atom stereocenters. The van der Waals surface area contributed by atoms with Crippen LogP contribution in [0.5, 0.6) is 0 Å². The second-order valence-electron chi connectivity index (χ2n) is 4.20. The molecule has 5 heteroatoms. The number of anilines is 1. The van der Waals surface area contributed by atoms with Crippen molar-refractivity contribution in [2.24, 2.45) is 0 Å². The van der Waals surface area contributed by atoms with Crippen molar-refractivity contribution in [3.63, 3.8) is 0 Å². The number of benzene rings is 1. The SMILES string of the molecule is Cc1cnc(Sc2c(N)cnc3ccccc23)nc1. The summed E-state index contributed by atoms with van der Waals surface area (Å²) in [5.74, 6) is 0. The van der Waals surface area contributed by atoms with Gasteiger partial charge in [0.15, 0.2) is 5.16 Å². The van der Waals surface area contributed by atoms with Crippen molar-refractivity contribution < 1.29 is 0 Å². The first-order valence-corrected chi connectivity index (χ1v) is 6.65. The third kappa shape index (κ3) is 2.37. The first-order valence-electron chi connectivity index (χ1n) is 5.84. The van der Waals surface area contributed by atoms with Crippen LogP contribution in [0.3, 0.4) is 0 Å². The Morgan fingerprint density at radius 3 is 2.53 bits per heavy atom. The first kappa shape index (κ1) is 11.9. The quantitative estimate of drug-likeness (QED) is 0.724. The van der Waals surface area contributed by atoms with Gasteiger partial charge in [-0.15, -0.1) is 0 Å². The Morgan fingerprint density at radius 2 is 1.74 bits per heavy atom. The number of rotatable bonds is 2. The summed E-state index contributed by atoms with van der Waals surface area (Å²) in [7, 11) is 0. The Morgan fingerprint density at radius 1 is 1.00 bits per heavy atom. The maximum atomic E-state index is 6.03. The number of nitrogens with two attached hydrogens (primary N) is 1. The molecule has 3 rings (SSSR count). The summed E-state index contributed by atoms with van der Waals surface area (Å²) >= 11 is 1.47. The van der Waals surface area contributed by atoms with Crippen LogP contribution in [0.2, 0.25) is 0 Å². The third-order valence-electron chi connectivity index (χ3n) is 2.70. The first-order chi connectivity index (χ1) is 9.24. The lowest BCUT2D eigenvalue weighted by atomic mass is 10.2. The monoisotopic (exact) mass is 268 g/mol. The van der Waals surface area contributed by atoms with Gasteiger partial charge >= 0.3 is 0 Å². The highest BCUT2D eigenvalue weighted by Crippen LogP contribution is 2.35. The van der Waals surface area contributed by atoms with E-state index in [-0.39, 0.29) is 0 Å². The Balaban J connectivity index is 2.09. The normalized spacial score (nSPS) is 10.8. The van der Waals surface area contributed by atoms with Crippen molar-refractivity contribution >= 4 is 28.4 Å². The molecule has 0 radical (unpaired) electrons. The van der Waals surface area contributed by atoms with Crippen molar-refractivity contribution in [2.45, 2.75) is 17.0 Å². The van der Waals surface area contributed by atoms with Gasteiger partial charge in [0.25, 0.3) is 0 Å². The van der Waals surface area contributed by atoms with E-state index in [0.29, 0.717) is 10.8 Å². The summed E-state index contributed by atoms with van der Waals surface area (Å²) in [5.41, 5.74) is 8.63. The average molecular weight is 268 g/mol. The number of para-hydroxylation sites is 1. The van der Waals surface area contributed by atoms with Crippen molar-refractivity contribution in [3.05, 3.63) is 48.4 Å². The molecule has 2 heterocycles. The van der Waals surface area contributed by atoms with Crippen molar-refractivity contribution in [2.75, 3.05) is 5.73 Å². The summed E-state index contributed by atoms with van der Waals surface area (Å²) < 4.78 is 0. The van der Waals surface area contributed by atoms with E-state index in [4.69, 9.17) is 5.73 Å². The van der Waals surface area contributed by atoms with Gasteiger partial charge in [0.2, 0.25) is 0 Å². The largest absolute Gasteiger partial charge is 0.397 e. The van der Waals surface area contributed by atoms with E-state index < -0.39 is 0 Å². The van der Waals surface area contributed by atoms with E-state index in [1.807, 2.05) is 31.2 Å². The topological polar surface area (TPSA) is 64.7 Å². The minimum atomic E-state index is 0.646. The van der Waals surface area contributed by atoms with Crippen molar-refractivity contribution in [3.8, 4) is 0 Å². The van der Waals surface area contributed by atoms with E-state index in [2.05, 4.69) is 15.0 Å². The number of nitrogens with zero attached hydrogens (tertiary/aromatic N) is 3. The van der Waals surface area contributed by atoms with Crippen LogP contribution in [0.4, 0.5) is 5.69 Å². The molecular formula is C14H12N4S. The third-order valence-corrected chi connectivity index (χ3v) is 3.76. The van der Waals surface area contributed by atoms with Gasteiger partial charge in [-0.3, -0.25) is 4.98 Å². The van der Waals surface area contributed by atoms with Crippen LogP contribution in [-0.2, 0) is 0 Å². The average Bonchev–Trinajstić information content (AvgIpc) is 2.44. The molecule has 4 nitrogen and oxygen atoms in total. The summed E-state index contributed by atoms with van der Waals surface area (Å²) in [5, 5.41) is 1.71. The molecule has 0 amide bonds. The molecular weight excluding hydrogens is 256 g/mol. The Hall–Kier alpha value is -2.14. The zero-order valence-corrected chi connectivity index (χ0v) is 11.2. The highest BCUT2D eigenvalue weighted by Gasteiger charge is 2.09. The highest BCUT2D eigenvalue weighted by molar-refractivity contribution is 7.99. The summed E-state index contributed by atoms with van der Waals surface area (Å²) in [6.07, 6.45) is 5.28. The Bertz CT molecular complexity index is 725. The molecule has 0 aliphatic carbocycles. The minimum absolute atomic E-state index is 0.646. The van der Waals surface area contributed by atoms with Crippen LogP contribution in [0.25, 0.3) is 10.9 Å². The minimum Gasteiger partial charge on any atom is -0.397 e. The van der Waals surface area contributed by atoms with Gasteiger partial charge in [0, 0.05) is 22.7 Å².